The Morgan fingerprint density at radius 2 is 2.00 bits per heavy atom. The van der Waals surface area contributed by atoms with Gasteiger partial charge >= 0.3 is 6.36 Å². The van der Waals surface area contributed by atoms with Gasteiger partial charge in [-0.05, 0) is 50.0 Å². The van der Waals surface area contributed by atoms with Crippen LogP contribution in [-0.4, -0.2) is 20.9 Å². The van der Waals surface area contributed by atoms with Crippen LogP contribution in [0, 0.1) is 11.8 Å². The minimum absolute atomic E-state index is 0.187. The van der Waals surface area contributed by atoms with Gasteiger partial charge in [0, 0.05) is 29.9 Å². The van der Waals surface area contributed by atoms with Gasteiger partial charge in [-0.3, -0.25) is 0 Å². The molecule has 0 atom stereocenters. The first-order valence-corrected chi connectivity index (χ1v) is 8.92. The largest absolute Gasteiger partial charge is 0.573 e. The van der Waals surface area contributed by atoms with Crippen molar-refractivity contribution in [2.45, 2.75) is 50.4 Å². The first-order chi connectivity index (χ1) is 12.3. The van der Waals surface area contributed by atoms with Gasteiger partial charge in [-0.2, -0.15) is 0 Å². The van der Waals surface area contributed by atoms with E-state index in [1.165, 1.54) is 44.4 Å². The van der Waals surface area contributed by atoms with Crippen LogP contribution in [0.15, 0.2) is 18.5 Å². The van der Waals surface area contributed by atoms with E-state index in [0.717, 1.165) is 18.2 Å². The zero-order chi connectivity index (χ0) is 18.1. The number of hydrogen-bond acceptors (Lipinski definition) is 4. The quantitative estimate of drug-likeness (QED) is 0.874. The summed E-state index contributed by atoms with van der Waals surface area (Å²) in [6, 6.07) is 1.27. The average molecular weight is 364 g/mol. The Balaban J connectivity index is 1.50. The maximum Gasteiger partial charge on any atom is 0.573 e. The number of aromatic nitrogens is 3. The topological polar surface area (TPSA) is 66.0 Å². The minimum atomic E-state index is -4.81. The summed E-state index contributed by atoms with van der Waals surface area (Å²) < 4.78 is 44.0. The number of pyridine rings is 1. The molecule has 0 aromatic carbocycles. The summed E-state index contributed by atoms with van der Waals surface area (Å²) in [4.78, 5) is 8.61. The fourth-order valence-corrected chi connectivity index (χ4v) is 4.22. The molecule has 2 aromatic heterocycles. The van der Waals surface area contributed by atoms with E-state index in [1.807, 2.05) is 6.20 Å². The van der Waals surface area contributed by atoms with Gasteiger partial charge in [0.15, 0.2) is 11.6 Å². The molecule has 4 fully saturated rings. The molecule has 4 aliphatic rings. The van der Waals surface area contributed by atoms with Crippen LogP contribution in [0.4, 0.5) is 19.0 Å². The molecule has 0 amide bonds. The number of nitrogens with two attached hydrogens (primary N) is 1. The molecule has 26 heavy (non-hydrogen) atoms. The van der Waals surface area contributed by atoms with E-state index in [9.17, 15) is 13.2 Å². The smallest absolute Gasteiger partial charge is 0.402 e. The molecule has 0 saturated heterocycles. The van der Waals surface area contributed by atoms with Crippen LogP contribution in [0.5, 0.6) is 5.75 Å². The first-order valence-electron chi connectivity index (χ1n) is 8.92. The SMILES string of the molecule is Nc1ncc(-c2cn(C34CC(C3)C4)c(CC3CC3)n2)cc1OC(F)(F)F. The first kappa shape index (κ1) is 16.0. The van der Waals surface area contributed by atoms with Crippen molar-refractivity contribution in [3.8, 4) is 17.0 Å². The van der Waals surface area contributed by atoms with E-state index in [-0.39, 0.29) is 11.4 Å². The van der Waals surface area contributed by atoms with Crippen molar-refractivity contribution in [1.29, 1.82) is 0 Å². The highest BCUT2D eigenvalue weighted by Gasteiger charge is 2.58. The van der Waals surface area contributed by atoms with Crippen LogP contribution in [-0.2, 0) is 12.0 Å². The molecule has 0 aliphatic heterocycles. The molecule has 6 rings (SSSR count). The zero-order valence-corrected chi connectivity index (χ0v) is 14.1. The standard InChI is InChI=1S/C18H19F3N4O/c19-18(20,21)26-14-4-12(8-23-16(14)22)13-9-25(17-5-11(6-17)7-17)15(24-13)3-10-1-2-10/h4,8-11H,1-3,5-7H2,(H2,22,23). The maximum absolute atomic E-state index is 12.6. The monoisotopic (exact) mass is 364 g/mol. The molecule has 2 aromatic rings. The zero-order valence-electron chi connectivity index (χ0n) is 14.1. The van der Waals surface area contributed by atoms with Crippen LogP contribution >= 0.6 is 0 Å². The Morgan fingerprint density at radius 3 is 2.58 bits per heavy atom. The molecular formula is C18H19F3N4O. The molecule has 0 radical (unpaired) electrons. The normalized spacial score (nSPS) is 27.0. The third kappa shape index (κ3) is 2.62. The Hall–Kier alpha value is -2.25. The van der Waals surface area contributed by atoms with Gasteiger partial charge < -0.3 is 15.0 Å². The lowest BCUT2D eigenvalue weighted by atomic mass is 9.49. The molecule has 5 nitrogen and oxygen atoms in total. The number of hydrogen-bond donors (Lipinski definition) is 1. The lowest BCUT2D eigenvalue weighted by Crippen LogP contribution is -2.59. The number of halogens is 3. The number of nitrogen functional groups attached to an aromatic ring is 1. The molecule has 138 valence electrons. The van der Waals surface area contributed by atoms with Crippen LogP contribution in [0.1, 0.15) is 37.9 Å². The van der Waals surface area contributed by atoms with Gasteiger partial charge in [0.2, 0.25) is 0 Å². The van der Waals surface area contributed by atoms with Gasteiger partial charge in [-0.1, -0.05) is 0 Å². The maximum atomic E-state index is 12.6. The number of ether oxygens (including phenoxy) is 1. The summed E-state index contributed by atoms with van der Waals surface area (Å²) >= 11 is 0. The molecule has 2 bridgehead atoms. The lowest BCUT2D eigenvalue weighted by molar-refractivity contribution is -0.274. The van der Waals surface area contributed by atoms with Gasteiger partial charge in [-0.15, -0.1) is 13.2 Å². The van der Waals surface area contributed by atoms with E-state index in [4.69, 9.17) is 10.7 Å². The molecule has 2 N–H and O–H groups in total. The Bertz CT molecular complexity index is 855. The highest BCUT2D eigenvalue weighted by atomic mass is 19.4. The van der Waals surface area contributed by atoms with Crippen molar-refractivity contribution >= 4 is 5.82 Å². The molecule has 0 unspecified atom stereocenters. The van der Waals surface area contributed by atoms with E-state index >= 15 is 0 Å². The second-order valence-corrected chi connectivity index (χ2v) is 7.92. The average Bonchev–Trinajstić information content (AvgIpc) is 3.18. The van der Waals surface area contributed by atoms with Crippen LogP contribution in [0.3, 0.4) is 0 Å². The summed E-state index contributed by atoms with van der Waals surface area (Å²) in [6.45, 7) is 0. The third-order valence-corrected chi connectivity index (χ3v) is 5.87. The van der Waals surface area contributed by atoms with E-state index in [2.05, 4.69) is 14.3 Å². The van der Waals surface area contributed by atoms with Crippen molar-refractivity contribution in [2.75, 3.05) is 5.73 Å². The second-order valence-electron chi connectivity index (χ2n) is 7.92. The summed E-state index contributed by atoms with van der Waals surface area (Å²) in [5, 5.41) is 0. The molecule has 4 saturated carbocycles. The second kappa shape index (κ2) is 5.14. The molecule has 4 aliphatic carbocycles. The summed E-state index contributed by atoms with van der Waals surface area (Å²) in [5.74, 6) is 1.78. The summed E-state index contributed by atoms with van der Waals surface area (Å²) in [7, 11) is 0. The number of rotatable bonds is 5. The predicted octanol–water partition coefficient (Wildman–Crippen LogP) is 3.89. The molecule has 2 heterocycles. The molecule has 0 spiro atoms. The lowest BCUT2D eigenvalue weighted by Gasteiger charge is -2.62. The van der Waals surface area contributed by atoms with Crippen LogP contribution in [0.2, 0.25) is 0 Å². The van der Waals surface area contributed by atoms with Gasteiger partial charge in [0.05, 0.1) is 5.69 Å². The van der Waals surface area contributed by atoms with Crippen LogP contribution in [0.25, 0.3) is 11.3 Å². The summed E-state index contributed by atoms with van der Waals surface area (Å²) in [6.07, 6.45) is 5.55. The Kier molecular flexibility index (Phi) is 3.16. The molecular weight excluding hydrogens is 345 g/mol. The Morgan fingerprint density at radius 1 is 1.27 bits per heavy atom. The summed E-state index contributed by atoms with van der Waals surface area (Å²) in [5.41, 5.74) is 6.83. The molecule has 8 heteroatoms. The van der Waals surface area contributed by atoms with Crippen molar-refractivity contribution in [2.24, 2.45) is 11.8 Å². The number of anilines is 1. The Labute approximate surface area is 148 Å². The van der Waals surface area contributed by atoms with Crippen molar-refractivity contribution < 1.29 is 17.9 Å². The van der Waals surface area contributed by atoms with Crippen LogP contribution < -0.4 is 10.5 Å². The number of imidazole rings is 1. The van der Waals surface area contributed by atoms with E-state index < -0.39 is 12.1 Å². The number of alkyl halides is 3. The van der Waals surface area contributed by atoms with Crippen molar-refractivity contribution in [1.82, 2.24) is 14.5 Å². The van der Waals surface area contributed by atoms with E-state index in [1.54, 1.807) is 0 Å². The fourth-order valence-electron chi connectivity index (χ4n) is 4.22. The highest BCUT2D eigenvalue weighted by molar-refractivity contribution is 5.64. The van der Waals surface area contributed by atoms with Gasteiger partial charge in [-0.25, -0.2) is 9.97 Å². The van der Waals surface area contributed by atoms with Gasteiger partial charge in [0.1, 0.15) is 5.82 Å². The van der Waals surface area contributed by atoms with Crippen molar-refractivity contribution in [3.05, 3.63) is 24.3 Å². The van der Waals surface area contributed by atoms with Crippen molar-refractivity contribution in [3.63, 3.8) is 0 Å². The number of nitrogens with zero attached hydrogens (tertiary/aromatic N) is 3. The third-order valence-electron chi connectivity index (χ3n) is 5.87. The minimum Gasteiger partial charge on any atom is -0.402 e. The highest BCUT2D eigenvalue weighted by Crippen LogP contribution is 2.63. The fraction of sp³-hybridized carbons (Fsp3) is 0.556. The van der Waals surface area contributed by atoms with E-state index in [0.29, 0.717) is 17.2 Å². The predicted molar refractivity (Wildman–Crippen MR) is 88.3 cm³/mol. The van der Waals surface area contributed by atoms with Gasteiger partial charge in [0.25, 0.3) is 0 Å².